The van der Waals surface area contributed by atoms with Gasteiger partial charge >= 0.3 is 0 Å². The number of furan rings is 1. The molecule has 0 atom stereocenters. The van der Waals surface area contributed by atoms with Crippen LogP contribution in [0.5, 0.6) is 0 Å². The van der Waals surface area contributed by atoms with Gasteiger partial charge in [0.25, 0.3) is 5.91 Å². The van der Waals surface area contributed by atoms with Crippen LogP contribution in [0.1, 0.15) is 15.9 Å². The quantitative estimate of drug-likeness (QED) is 0.870. The van der Waals surface area contributed by atoms with Crippen molar-refractivity contribution in [1.82, 2.24) is 4.90 Å². The number of nitrogens with zero attached hydrogens (tertiary/aromatic N) is 1. The predicted molar refractivity (Wildman–Crippen MR) is 68.6 cm³/mol. The van der Waals surface area contributed by atoms with Crippen LogP contribution in [0, 0.1) is 5.82 Å². The summed E-state index contributed by atoms with van der Waals surface area (Å²) in [5.41, 5.74) is 1.34. The Bertz CT molecular complexity index is 550. The minimum Gasteiger partial charge on any atom is -0.457 e. The van der Waals surface area contributed by atoms with Crippen molar-refractivity contribution in [1.29, 1.82) is 0 Å². The van der Waals surface area contributed by atoms with Crippen LogP contribution >= 0.6 is 15.9 Å². The monoisotopic (exact) mass is 311 g/mol. The molecule has 1 amide bonds. The fourth-order valence-electron chi connectivity index (χ4n) is 1.59. The molecule has 0 saturated heterocycles. The highest BCUT2D eigenvalue weighted by molar-refractivity contribution is 9.10. The van der Waals surface area contributed by atoms with E-state index in [1.807, 2.05) is 0 Å². The van der Waals surface area contributed by atoms with Gasteiger partial charge in [0, 0.05) is 13.6 Å². The van der Waals surface area contributed by atoms with E-state index in [9.17, 15) is 9.18 Å². The van der Waals surface area contributed by atoms with Gasteiger partial charge in [-0.1, -0.05) is 12.1 Å². The molecule has 2 rings (SSSR count). The number of halogens is 2. The summed E-state index contributed by atoms with van der Waals surface area (Å²) < 4.78 is 18.2. The maximum atomic E-state index is 12.8. The van der Waals surface area contributed by atoms with Crippen molar-refractivity contribution in [2.75, 3.05) is 7.05 Å². The van der Waals surface area contributed by atoms with Gasteiger partial charge in [0.15, 0.2) is 4.67 Å². The first kappa shape index (κ1) is 12.8. The summed E-state index contributed by atoms with van der Waals surface area (Å²) >= 11 is 3.17. The minimum atomic E-state index is -0.287. The van der Waals surface area contributed by atoms with Gasteiger partial charge in [-0.25, -0.2) is 4.39 Å². The number of rotatable bonds is 3. The first-order valence-corrected chi connectivity index (χ1v) is 6.10. The number of carbonyl (C=O) groups excluding carboxylic acids is 1. The molecular formula is C13H11BrFNO2. The molecule has 0 radical (unpaired) electrons. The summed E-state index contributed by atoms with van der Waals surface area (Å²) in [4.78, 5) is 13.6. The zero-order valence-corrected chi connectivity index (χ0v) is 11.3. The molecule has 1 heterocycles. The molecular weight excluding hydrogens is 301 g/mol. The summed E-state index contributed by atoms with van der Waals surface area (Å²) in [5, 5.41) is 0. The topological polar surface area (TPSA) is 33.5 Å². The predicted octanol–water partition coefficient (Wildman–Crippen LogP) is 3.45. The van der Waals surface area contributed by atoms with Gasteiger partial charge in [0.05, 0.1) is 11.8 Å². The van der Waals surface area contributed by atoms with Crippen molar-refractivity contribution < 1.29 is 13.6 Å². The molecule has 0 aliphatic heterocycles. The van der Waals surface area contributed by atoms with Crippen molar-refractivity contribution in [2.24, 2.45) is 0 Å². The second-order valence-electron chi connectivity index (χ2n) is 3.90. The molecule has 0 bridgehead atoms. The highest BCUT2D eigenvalue weighted by Gasteiger charge is 2.17. The van der Waals surface area contributed by atoms with E-state index < -0.39 is 0 Å². The van der Waals surface area contributed by atoms with Gasteiger partial charge in [-0.2, -0.15) is 0 Å². The Hall–Kier alpha value is -1.62. The number of benzene rings is 1. The van der Waals surface area contributed by atoms with Gasteiger partial charge in [0.2, 0.25) is 0 Å². The third-order valence-corrected chi connectivity index (χ3v) is 3.14. The van der Waals surface area contributed by atoms with Crippen LogP contribution in [0.2, 0.25) is 0 Å². The van der Waals surface area contributed by atoms with Crippen molar-refractivity contribution in [3.8, 4) is 0 Å². The highest BCUT2D eigenvalue weighted by atomic mass is 79.9. The van der Waals surface area contributed by atoms with E-state index in [0.717, 1.165) is 5.56 Å². The van der Waals surface area contributed by atoms with Crippen LogP contribution in [-0.2, 0) is 6.54 Å². The van der Waals surface area contributed by atoms with Crippen LogP contribution in [0.3, 0.4) is 0 Å². The van der Waals surface area contributed by atoms with Gasteiger partial charge in [-0.05, 0) is 39.7 Å². The lowest BCUT2D eigenvalue weighted by Gasteiger charge is -2.16. The van der Waals surface area contributed by atoms with Crippen LogP contribution < -0.4 is 0 Å². The summed E-state index contributed by atoms with van der Waals surface area (Å²) in [5.74, 6) is -0.440. The van der Waals surface area contributed by atoms with Crippen molar-refractivity contribution in [2.45, 2.75) is 6.54 Å². The Morgan fingerprint density at radius 3 is 2.56 bits per heavy atom. The smallest absolute Gasteiger partial charge is 0.258 e. The molecule has 1 aromatic carbocycles. The van der Waals surface area contributed by atoms with Crippen LogP contribution in [0.25, 0.3) is 0 Å². The van der Waals surface area contributed by atoms with E-state index in [1.165, 1.54) is 18.4 Å². The molecule has 0 aliphatic carbocycles. The van der Waals surface area contributed by atoms with Crippen molar-refractivity contribution in [3.63, 3.8) is 0 Å². The maximum absolute atomic E-state index is 12.8. The third kappa shape index (κ3) is 2.79. The lowest BCUT2D eigenvalue weighted by molar-refractivity contribution is 0.0783. The molecule has 0 fully saturated rings. The standard InChI is InChI=1S/C13H11BrFNO2/c1-16(8-9-2-4-10(15)5-3-9)13(17)11-6-7-18-12(11)14/h2-7H,8H2,1H3. The first-order valence-electron chi connectivity index (χ1n) is 5.31. The molecule has 0 unspecified atom stereocenters. The normalized spacial score (nSPS) is 10.4. The Kier molecular flexibility index (Phi) is 3.81. The number of amides is 1. The molecule has 18 heavy (non-hydrogen) atoms. The van der Waals surface area contributed by atoms with Crippen molar-refractivity contribution >= 4 is 21.8 Å². The summed E-state index contributed by atoms with van der Waals surface area (Å²) in [7, 11) is 1.69. The van der Waals surface area contributed by atoms with Gasteiger partial charge < -0.3 is 9.32 Å². The number of hydrogen-bond acceptors (Lipinski definition) is 2. The molecule has 2 aromatic rings. The average molecular weight is 312 g/mol. The van der Waals surface area contributed by atoms with E-state index in [1.54, 1.807) is 30.1 Å². The molecule has 94 valence electrons. The first-order chi connectivity index (χ1) is 8.58. The van der Waals surface area contributed by atoms with Crippen molar-refractivity contribution in [3.05, 3.63) is 58.2 Å². The van der Waals surface area contributed by atoms with E-state index in [2.05, 4.69) is 15.9 Å². The molecule has 0 spiro atoms. The molecule has 0 aliphatic rings. The number of hydrogen-bond donors (Lipinski definition) is 0. The average Bonchev–Trinajstić information content (AvgIpc) is 2.77. The SMILES string of the molecule is CN(Cc1ccc(F)cc1)C(=O)c1ccoc1Br. The lowest BCUT2D eigenvalue weighted by Crippen LogP contribution is -2.26. The molecule has 0 saturated carbocycles. The van der Waals surface area contributed by atoms with Crippen LogP contribution in [0.15, 0.2) is 45.7 Å². The summed E-state index contributed by atoms with van der Waals surface area (Å²) in [6, 6.07) is 7.67. The summed E-state index contributed by atoms with van der Waals surface area (Å²) in [6.07, 6.45) is 1.45. The van der Waals surface area contributed by atoms with Gasteiger partial charge in [-0.3, -0.25) is 4.79 Å². The molecule has 1 aromatic heterocycles. The Morgan fingerprint density at radius 2 is 2.00 bits per heavy atom. The Balaban J connectivity index is 2.08. The fraction of sp³-hybridized carbons (Fsp3) is 0.154. The van der Waals surface area contributed by atoms with E-state index in [0.29, 0.717) is 16.8 Å². The van der Waals surface area contributed by atoms with Crippen LogP contribution in [0.4, 0.5) is 4.39 Å². The lowest BCUT2D eigenvalue weighted by atomic mass is 10.2. The highest BCUT2D eigenvalue weighted by Crippen LogP contribution is 2.19. The maximum Gasteiger partial charge on any atom is 0.258 e. The zero-order valence-electron chi connectivity index (χ0n) is 9.69. The second-order valence-corrected chi connectivity index (χ2v) is 4.62. The van der Waals surface area contributed by atoms with E-state index in [4.69, 9.17) is 4.42 Å². The molecule has 5 heteroatoms. The Morgan fingerprint density at radius 1 is 1.33 bits per heavy atom. The number of carbonyl (C=O) groups is 1. The molecule has 0 N–H and O–H groups in total. The van der Waals surface area contributed by atoms with Gasteiger partial charge in [-0.15, -0.1) is 0 Å². The summed E-state index contributed by atoms with van der Waals surface area (Å²) in [6.45, 7) is 0.413. The second kappa shape index (κ2) is 5.35. The fourth-order valence-corrected chi connectivity index (χ4v) is 2.00. The van der Waals surface area contributed by atoms with Crippen LogP contribution in [-0.4, -0.2) is 17.9 Å². The Labute approximate surface area is 112 Å². The van der Waals surface area contributed by atoms with E-state index >= 15 is 0 Å². The zero-order chi connectivity index (χ0) is 13.1. The minimum absolute atomic E-state index is 0.153. The van der Waals surface area contributed by atoms with E-state index in [-0.39, 0.29) is 11.7 Å². The molecule has 3 nitrogen and oxygen atoms in total. The third-order valence-electron chi connectivity index (χ3n) is 2.53. The van der Waals surface area contributed by atoms with Gasteiger partial charge in [0.1, 0.15) is 5.82 Å². The largest absolute Gasteiger partial charge is 0.457 e.